The van der Waals surface area contributed by atoms with Crippen LogP contribution in [-0.2, 0) is 9.59 Å². The van der Waals surface area contributed by atoms with E-state index < -0.39 is 29.4 Å². The lowest BCUT2D eigenvalue weighted by Gasteiger charge is -2.29. The van der Waals surface area contributed by atoms with Crippen molar-refractivity contribution in [2.75, 3.05) is 0 Å². The number of para-hydroxylation sites is 1. The Hall–Kier alpha value is -2.83. The second kappa shape index (κ2) is 9.39. The third-order valence-electron chi connectivity index (χ3n) is 4.61. The van der Waals surface area contributed by atoms with Gasteiger partial charge in [-0.15, -0.1) is 0 Å². The highest BCUT2D eigenvalue weighted by atomic mass is 16.6. The van der Waals surface area contributed by atoms with Gasteiger partial charge >= 0.3 is 12.1 Å². The summed E-state index contributed by atoms with van der Waals surface area (Å²) < 4.78 is 5.23. The Morgan fingerprint density at radius 2 is 1.64 bits per heavy atom. The fourth-order valence-electron chi connectivity index (χ4n) is 3.11. The zero-order valence-electron chi connectivity index (χ0n) is 16.6. The lowest BCUT2D eigenvalue weighted by atomic mass is 9.86. The van der Waals surface area contributed by atoms with E-state index in [0.717, 1.165) is 24.8 Å². The number of carbonyl (C=O) groups is 3. The van der Waals surface area contributed by atoms with E-state index in [1.807, 2.05) is 0 Å². The van der Waals surface area contributed by atoms with E-state index in [1.54, 1.807) is 51.1 Å². The number of rotatable bonds is 5. The molecule has 2 amide bonds. The maximum Gasteiger partial charge on any atom is 0.417 e. The van der Waals surface area contributed by atoms with Gasteiger partial charge in [0, 0.05) is 0 Å². The summed E-state index contributed by atoms with van der Waals surface area (Å²) in [7, 11) is 0. The van der Waals surface area contributed by atoms with E-state index >= 15 is 0 Å². The largest absolute Gasteiger partial charge is 0.480 e. The van der Waals surface area contributed by atoms with Gasteiger partial charge in [-0.2, -0.15) is 0 Å². The van der Waals surface area contributed by atoms with E-state index in [2.05, 4.69) is 10.6 Å². The highest BCUT2D eigenvalue weighted by molar-refractivity contribution is 5.99. The Labute approximate surface area is 165 Å². The van der Waals surface area contributed by atoms with Crippen LogP contribution in [0.3, 0.4) is 0 Å². The molecule has 0 aromatic heterocycles. The van der Waals surface area contributed by atoms with Gasteiger partial charge in [-0.25, -0.2) is 9.59 Å². The second-order valence-electron chi connectivity index (χ2n) is 7.98. The molecule has 1 atom stereocenters. The van der Waals surface area contributed by atoms with Crippen molar-refractivity contribution >= 4 is 18.0 Å². The average Bonchev–Trinajstić information content (AvgIpc) is 2.64. The molecule has 2 rings (SSSR count). The third-order valence-corrected chi connectivity index (χ3v) is 4.61. The molecular weight excluding hydrogens is 360 g/mol. The fraction of sp³-hybridized carbons (Fsp3) is 0.476. The number of carboxylic acid groups (broad SMARTS) is 1. The molecule has 0 radical (unpaired) electrons. The molecule has 1 aliphatic carbocycles. The van der Waals surface area contributed by atoms with Crippen molar-refractivity contribution in [3.8, 4) is 5.75 Å². The molecule has 3 N–H and O–H groups in total. The number of ether oxygens (including phenoxy) is 1. The standard InChI is InChI=1S/C21H28N2O5/c1-21(2,3)17(19(25)26)23-18(24)16(14-10-6-4-7-11-14)22-20(27)28-15-12-8-5-9-13-15/h5,8-9,12-13,17H,4,6-7,10-11H2,1-3H3,(H,22,27)(H,23,24)(H,25,26)/t17-/m1/s1. The molecule has 1 saturated carbocycles. The summed E-state index contributed by atoms with van der Waals surface area (Å²) in [6.45, 7) is 5.20. The van der Waals surface area contributed by atoms with Gasteiger partial charge in [0.05, 0.1) is 0 Å². The Balaban J connectivity index is 2.21. The molecule has 1 aromatic rings. The van der Waals surface area contributed by atoms with Crippen LogP contribution in [0.4, 0.5) is 4.79 Å². The molecule has 1 aliphatic rings. The zero-order valence-corrected chi connectivity index (χ0v) is 16.6. The number of allylic oxidation sites excluding steroid dienone is 1. The number of amides is 2. The minimum Gasteiger partial charge on any atom is -0.480 e. The molecule has 0 heterocycles. The highest BCUT2D eigenvalue weighted by Gasteiger charge is 2.34. The maximum atomic E-state index is 12.9. The van der Waals surface area contributed by atoms with Crippen LogP contribution in [0.5, 0.6) is 5.75 Å². The van der Waals surface area contributed by atoms with Crippen LogP contribution in [0.2, 0.25) is 0 Å². The summed E-state index contributed by atoms with van der Waals surface area (Å²) in [4.78, 5) is 36.8. The fourth-order valence-corrected chi connectivity index (χ4v) is 3.11. The molecule has 1 fully saturated rings. The summed E-state index contributed by atoms with van der Waals surface area (Å²) in [6.07, 6.45) is 3.49. The monoisotopic (exact) mass is 388 g/mol. The molecule has 28 heavy (non-hydrogen) atoms. The molecule has 0 aliphatic heterocycles. The van der Waals surface area contributed by atoms with Crippen molar-refractivity contribution in [1.82, 2.24) is 10.6 Å². The predicted molar refractivity (Wildman–Crippen MR) is 105 cm³/mol. The molecule has 0 bridgehead atoms. The second-order valence-corrected chi connectivity index (χ2v) is 7.98. The van der Waals surface area contributed by atoms with Gasteiger partial charge in [-0.05, 0) is 48.8 Å². The van der Waals surface area contributed by atoms with Gasteiger partial charge in [-0.1, -0.05) is 45.4 Å². The van der Waals surface area contributed by atoms with E-state index in [4.69, 9.17) is 4.74 Å². The van der Waals surface area contributed by atoms with Crippen molar-refractivity contribution in [2.45, 2.75) is 58.9 Å². The zero-order chi connectivity index (χ0) is 20.7. The van der Waals surface area contributed by atoms with Crippen LogP contribution >= 0.6 is 0 Å². The Morgan fingerprint density at radius 1 is 1.04 bits per heavy atom. The maximum absolute atomic E-state index is 12.9. The SMILES string of the molecule is CC(C)(C)[C@H](NC(=O)C(NC(=O)Oc1ccccc1)=C1CCCCC1)C(=O)O. The topological polar surface area (TPSA) is 105 Å². The lowest BCUT2D eigenvalue weighted by Crippen LogP contribution is -2.51. The van der Waals surface area contributed by atoms with Crippen LogP contribution in [0.15, 0.2) is 41.6 Å². The third kappa shape index (κ3) is 6.11. The quantitative estimate of drug-likeness (QED) is 0.669. The number of carbonyl (C=O) groups excluding carboxylic acids is 2. The van der Waals surface area contributed by atoms with Crippen LogP contribution in [0, 0.1) is 5.41 Å². The summed E-state index contributed by atoms with van der Waals surface area (Å²) >= 11 is 0. The summed E-state index contributed by atoms with van der Waals surface area (Å²) in [6, 6.07) is 7.44. The van der Waals surface area contributed by atoms with Gasteiger partial charge in [0.25, 0.3) is 5.91 Å². The minimum atomic E-state index is -1.12. The molecule has 7 heteroatoms. The van der Waals surface area contributed by atoms with E-state index in [-0.39, 0.29) is 5.70 Å². The number of nitrogens with one attached hydrogen (secondary N) is 2. The molecule has 1 aromatic carbocycles. The van der Waals surface area contributed by atoms with E-state index in [9.17, 15) is 19.5 Å². The van der Waals surface area contributed by atoms with Crippen LogP contribution in [0.1, 0.15) is 52.9 Å². The van der Waals surface area contributed by atoms with Gasteiger partial charge in [0.15, 0.2) is 0 Å². The molecule has 152 valence electrons. The number of carboxylic acids is 1. The average molecular weight is 388 g/mol. The highest BCUT2D eigenvalue weighted by Crippen LogP contribution is 2.26. The number of benzene rings is 1. The van der Waals surface area contributed by atoms with Crippen molar-refractivity contribution in [1.29, 1.82) is 0 Å². The van der Waals surface area contributed by atoms with Crippen LogP contribution in [-0.4, -0.2) is 29.1 Å². The number of aliphatic carboxylic acids is 1. The lowest BCUT2D eigenvalue weighted by molar-refractivity contribution is -0.144. The van der Waals surface area contributed by atoms with Gasteiger partial charge in [0.2, 0.25) is 0 Å². The first-order valence-electron chi connectivity index (χ1n) is 9.48. The molecule has 0 unspecified atom stereocenters. The Morgan fingerprint density at radius 3 is 2.18 bits per heavy atom. The molecule has 0 saturated heterocycles. The van der Waals surface area contributed by atoms with Gasteiger partial charge in [-0.3, -0.25) is 10.1 Å². The first kappa shape index (κ1) is 21.5. The minimum absolute atomic E-state index is 0.0936. The van der Waals surface area contributed by atoms with E-state index in [1.165, 1.54) is 0 Å². The van der Waals surface area contributed by atoms with Crippen molar-refractivity contribution < 1.29 is 24.2 Å². The first-order valence-corrected chi connectivity index (χ1v) is 9.48. The van der Waals surface area contributed by atoms with Crippen LogP contribution in [0.25, 0.3) is 0 Å². The number of hydrogen-bond acceptors (Lipinski definition) is 4. The van der Waals surface area contributed by atoms with Crippen molar-refractivity contribution in [3.63, 3.8) is 0 Å². The number of hydrogen-bond donors (Lipinski definition) is 3. The Kier molecular flexibility index (Phi) is 7.20. The van der Waals surface area contributed by atoms with Crippen molar-refractivity contribution in [3.05, 3.63) is 41.6 Å². The smallest absolute Gasteiger partial charge is 0.417 e. The normalized spacial score (nSPS) is 15.3. The van der Waals surface area contributed by atoms with Crippen LogP contribution < -0.4 is 15.4 Å². The van der Waals surface area contributed by atoms with Crippen molar-refractivity contribution in [2.24, 2.45) is 5.41 Å². The summed E-state index contributed by atoms with van der Waals surface area (Å²) in [5.41, 5.74) is 0.219. The Bertz CT molecular complexity index is 742. The summed E-state index contributed by atoms with van der Waals surface area (Å²) in [5.74, 6) is -1.38. The van der Waals surface area contributed by atoms with Gasteiger partial charge in [0.1, 0.15) is 17.5 Å². The van der Waals surface area contributed by atoms with Gasteiger partial charge < -0.3 is 15.2 Å². The molecule has 0 spiro atoms. The first-order chi connectivity index (χ1) is 13.2. The molecule has 7 nitrogen and oxygen atoms in total. The summed E-state index contributed by atoms with van der Waals surface area (Å²) in [5, 5.41) is 14.6. The molecular formula is C21H28N2O5. The van der Waals surface area contributed by atoms with E-state index in [0.29, 0.717) is 18.6 Å². The predicted octanol–water partition coefficient (Wildman–Crippen LogP) is 3.61.